The van der Waals surface area contributed by atoms with E-state index in [0.29, 0.717) is 18.7 Å². The normalized spacial score (nSPS) is 12.2. The van der Waals surface area contributed by atoms with Gasteiger partial charge >= 0.3 is 6.18 Å². The van der Waals surface area contributed by atoms with Crippen LogP contribution in [0.15, 0.2) is 12.3 Å². The summed E-state index contributed by atoms with van der Waals surface area (Å²) in [6.45, 7) is 7.04. The standard InChI is InChI=1S/C18H25F3N4O/c1-6-24(7-2)10-14-13-8-12(3)9-25(11-15(26)23(4)5)17(13)22-16(14)18(19,20)21/h8-9H,6-7,10-11H2,1-5H3. The number of halogens is 3. The quantitative estimate of drug-likeness (QED) is 0.784. The fraction of sp³-hybridized carbons (Fsp3) is 0.556. The molecule has 0 saturated carbocycles. The van der Waals surface area contributed by atoms with E-state index in [9.17, 15) is 18.0 Å². The first-order chi connectivity index (χ1) is 12.1. The van der Waals surface area contributed by atoms with Crippen molar-refractivity contribution in [2.75, 3.05) is 27.2 Å². The van der Waals surface area contributed by atoms with Crippen LogP contribution in [0.25, 0.3) is 11.4 Å². The van der Waals surface area contributed by atoms with Crippen LogP contribution in [0.5, 0.6) is 0 Å². The van der Waals surface area contributed by atoms with E-state index in [1.165, 1.54) is 9.47 Å². The molecular formula is C18H25F3N4O. The van der Waals surface area contributed by atoms with Crippen LogP contribution in [0.4, 0.5) is 13.2 Å². The molecule has 0 aromatic rings. The molecule has 0 atom stereocenters. The van der Waals surface area contributed by atoms with Crippen molar-refractivity contribution < 1.29 is 18.0 Å². The molecule has 2 heterocycles. The lowest BCUT2D eigenvalue weighted by Crippen LogP contribution is -2.27. The van der Waals surface area contributed by atoms with Gasteiger partial charge in [-0.05, 0) is 31.6 Å². The first-order valence-electron chi connectivity index (χ1n) is 8.57. The molecule has 0 aromatic carbocycles. The number of fused-ring (bicyclic) bond motifs is 1. The molecule has 2 aliphatic heterocycles. The maximum absolute atomic E-state index is 13.6. The number of carbonyl (C=O) groups is 1. The smallest absolute Gasteiger partial charge is 0.347 e. The highest BCUT2D eigenvalue weighted by Crippen LogP contribution is 2.39. The maximum atomic E-state index is 13.6. The van der Waals surface area contributed by atoms with E-state index >= 15 is 0 Å². The second-order valence-corrected chi connectivity index (χ2v) is 6.57. The predicted octanol–water partition coefficient (Wildman–Crippen LogP) is 3.25. The molecule has 0 saturated heterocycles. The first-order valence-corrected chi connectivity index (χ1v) is 8.57. The lowest BCUT2D eigenvalue weighted by atomic mass is 10.1. The van der Waals surface area contributed by atoms with Crippen LogP contribution in [-0.4, -0.2) is 52.4 Å². The van der Waals surface area contributed by atoms with Gasteiger partial charge in [0.1, 0.15) is 12.4 Å². The lowest BCUT2D eigenvalue weighted by molar-refractivity contribution is -0.141. The number of likely N-dealkylation sites (N-methyl/N-ethyl adjacent to an activating group) is 1. The number of hydrogen-bond donors (Lipinski definition) is 0. The Morgan fingerprint density at radius 3 is 2.35 bits per heavy atom. The van der Waals surface area contributed by atoms with Crippen LogP contribution < -0.4 is 0 Å². The fourth-order valence-electron chi connectivity index (χ4n) is 2.91. The van der Waals surface area contributed by atoms with Crippen molar-refractivity contribution in [3.05, 3.63) is 29.1 Å². The number of amides is 1. The van der Waals surface area contributed by atoms with Crippen molar-refractivity contribution in [3.8, 4) is 11.4 Å². The van der Waals surface area contributed by atoms with Crippen LogP contribution in [-0.2, 0) is 24.1 Å². The van der Waals surface area contributed by atoms with Crippen molar-refractivity contribution in [1.82, 2.24) is 19.4 Å². The summed E-state index contributed by atoms with van der Waals surface area (Å²) in [7, 11) is 3.22. The highest BCUT2D eigenvalue weighted by atomic mass is 19.4. The van der Waals surface area contributed by atoms with Crippen molar-refractivity contribution in [1.29, 1.82) is 0 Å². The van der Waals surface area contributed by atoms with Crippen molar-refractivity contribution >= 4 is 5.91 Å². The molecule has 0 aromatic heterocycles. The van der Waals surface area contributed by atoms with Gasteiger partial charge in [0.15, 0.2) is 5.69 Å². The second-order valence-electron chi connectivity index (χ2n) is 6.57. The summed E-state index contributed by atoms with van der Waals surface area (Å²) in [5.74, 6) is -0.0102. The van der Waals surface area contributed by atoms with Gasteiger partial charge in [0, 0.05) is 38.0 Å². The summed E-state index contributed by atoms with van der Waals surface area (Å²) < 4.78 is 42.3. The molecule has 0 bridgehead atoms. The van der Waals surface area contributed by atoms with Gasteiger partial charge in [-0.1, -0.05) is 13.8 Å². The molecule has 0 unspecified atom stereocenters. The number of alkyl halides is 3. The molecule has 2 rings (SSSR count). The molecule has 0 fully saturated rings. The summed E-state index contributed by atoms with van der Waals surface area (Å²) in [6.07, 6.45) is -2.88. The van der Waals surface area contributed by atoms with E-state index in [0.717, 1.165) is 5.56 Å². The zero-order valence-electron chi connectivity index (χ0n) is 15.8. The van der Waals surface area contributed by atoms with E-state index in [2.05, 4.69) is 4.98 Å². The highest BCUT2D eigenvalue weighted by Gasteiger charge is 2.40. The fourth-order valence-corrected chi connectivity index (χ4v) is 2.91. The highest BCUT2D eigenvalue weighted by molar-refractivity contribution is 5.77. The number of nitrogens with zero attached hydrogens (tertiary/aromatic N) is 4. The average Bonchev–Trinajstić information content (AvgIpc) is 2.91. The number of hydrogen-bond acceptors (Lipinski definition) is 3. The molecule has 144 valence electrons. The number of carbonyl (C=O) groups excluding carboxylic acids is 1. The van der Waals surface area contributed by atoms with Gasteiger partial charge in [0.2, 0.25) is 5.91 Å². The number of aromatic nitrogens is 2. The monoisotopic (exact) mass is 370 g/mol. The van der Waals surface area contributed by atoms with E-state index in [4.69, 9.17) is 0 Å². The third kappa shape index (κ3) is 4.17. The molecule has 26 heavy (non-hydrogen) atoms. The van der Waals surface area contributed by atoms with Gasteiger partial charge < -0.3 is 9.47 Å². The van der Waals surface area contributed by atoms with Gasteiger partial charge in [-0.15, -0.1) is 0 Å². The molecule has 0 N–H and O–H groups in total. The Hall–Kier alpha value is -2.09. The van der Waals surface area contributed by atoms with Gasteiger partial charge in [-0.3, -0.25) is 9.69 Å². The van der Waals surface area contributed by atoms with Crippen LogP contribution in [0, 0.1) is 6.92 Å². The SMILES string of the molecule is CCN(CC)Cc1c2cc(C)cn(CC(=O)N(C)C)c-2nc1C(F)(F)F. The Balaban J connectivity index is 2.62. The van der Waals surface area contributed by atoms with Crippen LogP contribution >= 0.6 is 0 Å². The van der Waals surface area contributed by atoms with E-state index < -0.39 is 11.9 Å². The van der Waals surface area contributed by atoms with Crippen LogP contribution in [0.3, 0.4) is 0 Å². The molecule has 0 spiro atoms. The maximum Gasteiger partial charge on any atom is 0.433 e. The molecule has 2 aliphatic rings. The molecule has 0 radical (unpaired) electrons. The first kappa shape index (κ1) is 20.2. The van der Waals surface area contributed by atoms with Gasteiger partial charge in [0.25, 0.3) is 0 Å². The van der Waals surface area contributed by atoms with Crippen LogP contribution in [0.2, 0.25) is 0 Å². The van der Waals surface area contributed by atoms with Gasteiger partial charge in [-0.2, -0.15) is 13.2 Å². The summed E-state index contributed by atoms with van der Waals surface area (Å²) >= 11 is 0. The summed E-state index contributed by atoms with van der Waals surface area (Å²) in [6, 6.07) is 1.72. The Morgan fingerprint density at radius 2 is 1.85 bits per heavy atom. The predicted molar refractivity (Wildman–Crippen MR) is 93.9 cm³/mol. The van der Waals surface area contributed by atoms with Crippen molar-refractivity contribution in [2.24, 2.45) is 0 Å². The Kier molecular flexibility index (Phi) is 5.95. The second kappa shape index (κ2) is 7.65. The third-order valence-electron chi connectivity index (χ3n) is 4.42. The minimum absolute atomic E-state index is 0.0514. The van der Waals surface area contributed by atoms with Crippen molar-refractivity contribution in [3.63, 3.8) is 0 Å². The van der Waals surface area contributed by atoms with E-state index in [1.54, 1.807) is 33.3 Å². The van der Waals surface area contributed by atoms with Gasteiger partial charge in [0.05, 0.1) is 0 Å². The summed E-state index contributed by atoms with van der Waals surface area (Å²) in [5, 5.41) is 0. The molecule has 5 nitrogen and oxygen atoms in total. The number of aryl methyl sites for hydroxylation is 1. The summed E-state index contributed by atoms with van der Waals surface area (Å²) in [5.41, 5.74) is 0.545. The van der Waals surface area contributed by atoms with Gasteiger partial charge in [-0.25, -0.2) is 4.98 Å². The third-order valence-corrected chi connectivity index (χ3v) is 4.42. The topological polar surface area (TPSA) is 41.4 Å². The number of rotatable bonds is 6. The number of pyridine rings is 1. The largest absolute Gasteiger partial charge is 0.433 e. The van der Waals surface area contributed by atoms with Crippen molar-refractivity contribution in [2.45, 2.75) is 40.0 Å². The summed E-state index contributed by atoms with van der Waals surface area (Å²) in [4.78, 5) is 19.3. The minimum Gasteiger partial charge on any atom is -0.347 e. The minimum atomic E-state index is -4.54. The zero-order valence-corrected chi connectivity index (χ0v) is 15.8. The Labute approximate surface area is 151 Å². The molecule has 1 amide bonds. The Morgan fingerprint density at radius 1 is 1.23 bits per heavy atom. The Bertz CT molecular complexity index is 748. The lowest BCUT2D eigenvalue weighted by Gasteiger charge is -2.20. The van der Waals surface area contributed by atoms with E-state index in [1.807, 2.05) is 18.7 Å². The zero-order chi connectivity index (χ0) is 19.6. The van der Waals surface area contributed by atoms with E-state index in [-0.39, 0.29) is 30.4 Å². The molecule has 8 heteroatoms. The average molecular weight is 370 g/mol. The van der Waals surface area contributed by atoms with Crippen LogP contribution in [0.1, 0.15) is 30.7 Å². The molecule has 0 aliphatic carbocycles. The molecular weight excluding hydrogens is 345 g/mol.